The molecule has 27 heavy (non-hydrogen) atoms. The third-order valence-electron chi connectivity index (χ3n) is 4.25. The lowest BCUT2D eigenvalue weighted by molar-refractivity contribution is -0.116. The van der Waals surface area contributed by atoms with Gasteiger partial charge >= 0.3 is 0 Å². The predicted molar refractivity (Wildman–Crippen MR) is 112 cm³/mol. The van der Waals surface area contributed by atoms with Gasteiger partial charge in [0.05, 0.1) is 11.9 Å². The molecule has 0 aliphatic heterocycles. The Hall–Kier alpha value is -2.54. The molecule has 0 bridgehead atoms. The number of nitrogens with zero attached hydrogens (tertiary/aromatic N) is 2. The maximum absolute atomic E-state index is 12.3. The molecule has 0 unspecified atom stereocenters. The Morgan fingerprint density at radius 3 is 2.22 bits per heavy atom. The number of benzene rings is 2. The molecule has 0 saturated heterocycles. The van der Waals surface area contributed by atoms with Crippen LogP contribution in [0.25, 0.3) is 0 Å². The fourth-order valence-electron chi connectivity index (χ4n) is 2.79. The molecule has 1 N–H and O–H groups in total. The number of carbonyl (C=O) groups is 1. The highest BCUT2D eigenvalue weighted by Gasteiger charge is 2.20. The van der Waals surface area contributed by atoms with Crippen molar-refractivity contribution >= 4 is 33.0 Å². The van der Waals surface area contributed by atoms with Crippen LogP contribution in [0.4, 0.5) is 17.1 Å². The zero-order valence-electron chi connectivity index (χ0n) is 16.3. The number of hydrogen-bond acceptors (Lipinski definition) is 4. The molecule has 0 aliphatic carbocycles. The van der Waals surface area contributed by atoms with Gasteiger partial charge in [0.1, 0.15) is 0 Å². The van der Waals surface area contributed by atoms with E-state index in [1.165, 1.54) is 4.31 Å². The van der Waals surface area contributed by atoms with Crippen molar-refractivity contribution in [3.8, 4) is 0 Å². The summed E-state index contributed by atoms with van der Waals surface area (Å²) in [4.78, 5) is 14.3. The average Bonchev–Trinajstić information content (AvgIpc) is 2.61. The average molecular weight is 390 g/mol. The summed E-state index contributed by atoms with van der Waals surface area (Å²) >= 11 is 0. The Morgan fingerprint density at radius 1 is 1.04 bits per heavy atom. The molecular weight excluding hydrogens is 362 g/mol. The summed E-state index contributed by atoms with van der Waals surface area (Å²) in [7, 11) is 0.405. The molecule has 6 nitrogen and oxygen atoms in total. The largest absolute Gasteiger partial charge is 0.378 e. The van der Waals surface area contributed by atoms with Gasteiger partial charge in [-0.05, 0) is 42.3 Å². The fraction of sp³-hybridized carbons (Fsp3) is 0.350. The molecule has 0 atom stereocenters. The van der Waals surface area contributed by atoms with E-state index < -0.39 is 10.0 Å². The molecule has 2 aromatic rings. The number of carbonyl (C=O) groups excluding carboxylic acids is 1. The number of sulfonamides is 1. The van der Waals surface area contributed by atoms with Gasteiger partial charge in [-0.2, -0.15) is 0 Å². The second kappa shape index (κ2) is 8.90. The summed E-state index contributed by atoms with van der Waals surface area (Å²) in [6, 6.07) is 14.8. The quantitative estimate of drug-likeness (QED) is 0.753. The molecular formula is C20H27N3O3S. The topological polar surface area (TPSA) is 69.7 Å². The number of anilines is 3. The van der Waals surface area contributed by atoms with Crippen LogP contribution in [-0.2, 0) is 21.2 Å². The first kappa shape index (κ1) is 20.8. The first-order chi connectivity index (χ1) is 12.7. The van der Waals surface area contributed by atoms with E-state index in [0.717, 1.165) is 17.5 Å². The monoisotopic (exact) mass is 389 g/mol. The standard InChI is InChI=1S/C20H27N3O3S/c1-5-16-8-6-7-9-19(16)23(27(4,25)26)15-14-20(24)21-17-10-12-18(13-11-17)22(2)3/h6-13H,5,14-15H2,1-4H3,(H,21,24). The van der Waals surface area contributed by atoms with E-state index in [9.17, 15) is 13.2 Å². The third-order valence-corrected chi connectivity index (χ3v) is 5.43. The van der Waals surface area contributed by atoms with Crippen LogP contribution in [0, 0.1) is 0 Å². The van der Waals surface area contributed by atoms with E-state index in [1.54, 1.807) is 12.1 Å². The van der Waals surface area contributed by atoms with E-state index in [0.29, 0.717) is 17.8 Å². The molecule has 2 rings (SSSR count). The third kappa shape index (κ3) is 5.72. The lowest BCUT2D eigenvalue weighted by Gasteiger charge is -2.24. The van der Waals surface area contributed by atoms with Crippen molar-refractivity contribution in [3.05, 3.63) is 54.1 Å². The number of hydrogen-bond donors (Lipinski definition) is 1. The predicted octanol–water partition coefficient (Wildman–Crippen LogP) is 3.11. The van der Waals surface area contributed by atoms with E-state index in [1.807, 2.05) is 62.3 Å². The van der Waals surface area contributed by atoms with Crippen molar-refractivity contribution in [2.45, 2.75) is 19.8 Å². The van der Waals surface area contributed by atoms with Crippen molar-refractivity contribution < 1.29 is 13.2 Å². The van der Waals surface area contributed by atoms with E-state index in [-0.39, 0.29) is 18.9 Å². The molecule has 0 radical (unpaired) electrons. The van der Waals surface area contributed by atoms with Gasteiger partial charge in [-0.1, -0.05) is 25.1 Å². The van der Waals surface area contributed by atoms with Crippen molar-refractivity contribution in [2.75, 3.05) is 41.4 Å². The zero-order chi connectivity index (χ0) is 20.0. The Bertz CT molecular complexity index is 878. The summed E-state index contributed by atoms with van der Waals surface area (Å²) in [6.45, 7) is 2.07. The van der Waals surface area contributed by atoms with Crippen molar-refractivity contribution in [3.63, 3.8) is 0 Å². The van der Waals surface area contributed by atoms with Crippen LogP contribution in [0.3, 0.4) is 0 Å². The Balaban J connectivity index is 2.07. The maximum Gasteiger partial charge on any atom is 0.232 e. The van der Waals surface area contributed by atoms with Crippen molar-refractivity contribution in [2.24, 2.45) is 0 Å². The molecule has 2 aromatic carbocycles. The number of nitrogens with one attached hydrogen (secondary N) is 1. The molecule has 0 aromatic heterocycles. The van der Waals surface area contributed by atoms with E-state index in [2.05, 4.69) is 5.32 Å². The molecule has 7 heteroatoms. The number of amides is 1. The van der Waals surface area contributed by atoms with E-state index in [4.69, 9.17) is 0 Å². The van der Waals surface area contributed by atoms with Gasteiger partial charge in [0.2, 0.25) is 15.9 Å². The van der Waals surface area contributed by atoms with E-state index >= 15 is 0 Å². The second-order valence-electron chi connectivity index (χ2n) is 6.56. The molecule has 146 valence electrons. The van der Waals surface area contributed by atoms with Crippen LogP contribution >= 0.6 is 0 Å². The summed E-state index contributed by atoms with van der Waals surface area (Å²) < 4.78 is 25.8. The van der Waals surface area contributed by atoms with Gasteiger partial charge in [0.15, 0.2) is 0 Å². The van der Waals surface area contributed by atoms with Crippen LogP contribution in [0.2, 0.25) is 0 Å². The highest BCUT2D eigenvalue weighted by Crippen LogP contribution is 2.24. The lowest BCUT2D eigenvalue weighted by Crippen LogP contribution is -2.33. The zero-order valence-corrected chi connectivity index (χ0v) is 17.1. The van der Waals surface area contributed by atoms with Gasteiger partial charge in [0.25, 0.3) is 0 Å². The summed E-state index contributed by atoms with van der Waals surface area (Å²) in [5, 5.41) is 2.82. The molecule has 0 spiro atoms. The van der Waals surface area contributed by atoms with Crippen LogP contribution in [0.15, 0.2) is 48.5 Å². The van der Waals surface area contributed by atoms with Crippen LogP contribution in [-0.4, -0.2) is 41.2 Å². The molecule has 0 fully saturated rings. The van der Waals surface area contributed by atoms with Gasteiger partial charge in [-0.15, -0.1) is 0 Å². The van der Waals surface area contributed by atoms with Gasteiger partial charge in [-0.3, -0.25) is 9.10 Å². The molecule has 0 aliphatic rings. The van der Waals surface area contributed by atoms with Crippen molar-refractivity contribution in [1.29, 1.82) is 0 Å². The Kier molecular flexibility index (Phi) is 6.85. The molecule has 0 heterocycles. The Morgan fingerprint density at radius 2 is 1.67 bits per heavy atom. The van der Waals surface area contributed by atoms with Gasteiger partial charge in [0, 0.05) is 38.4 Å². The minimum absolute atomic E-state index is 0.0700. The first-order valence-corrected chi connectivity index (χ1v) is 10.7. The summed E-state index contributed by atoms with van der Waals surface area (Å²) in [6.07, 6.45) is 1.95. The van der Waals surface area contributed by atoms with Crippen LogP contribution in [0.1, 0.15) is 18.9 Å². The van der Waals surface area contributed by atoms with Crippen molar-refractivity contribution in [1.82, 2.24) is 0 Å². The highest BCUT2D eigenvalue weighted by atomic mass is 32.2. The molecule has 1 amide bonds. The second-order valence-corrected chi connectivity index (χ2v) is 8.46. The summed E-state index contributed by atoms with van der Waals surface area (Å²) in [5.41, 5.74) is 3.28. The van der Waals surface area contributed by atoms with Crippen LogP contribution in [0.5, 0.6) is 0 Å². The Labute approximate surface area is 161 Å². The van der Waals surface area contributed by atoms with Gasteiger partial charge in [-0.25, -0.2) is 8.42 Å². The smallest absolute Gasteiger partial charge is 0.232 e. The lowest BCUT2D eigenvalue weighted by atomic mass is 10.1. The minimum Gasteiger partial charge on any atom is -0.378 e. The van der Waals surface area contributed by atoms with Crippen LogP contribution < -0.4 is 14.5 Å². The number of rotatable bonds is 8. The number of aryl methyl sites for hydroxylation is 1. The maximum atomic E-state index is 12.3. The fourth-order valence-corrected chi connectivity index (χ4v) is 3.75. The highest BCUT2D eigenvalue weighted by molar-refractivity contribution is 7.92. The van der Waals surface area contributed by atoms with Gasteiger partial charge < -0.3 is 10.2 Å². The normalized spacial score (nSPS) is 11.1. The molecule has 0 saturated carbocycles. The first-order valence-electron chi connectivity index (χ1n) is 8.85. The summed E-state index contributed by atoms with van der Waals surface area (Å²) in [5.74, 6) is -0.227. The minimum atomic E-state index is -3.49. The number of para-hydroxylation sites is 1. The SMILES string of the molecule is CCc1ccccc1N(CCC(=O)Nc1ccc(N(C)C)cc1)S(C)(=O)=O.